The van der Waals surface area contributed by atoms with Crippen molar-refractivity contribution in [3.63, 3.8) is 0 Å². The van der Waals surface area contributed by atoms with Gasteiger partial charge in [-0.1, -0.05) is 18.2 Å². The molecule has 7 nitrogen and oxygen atoms in total. The molecule has 4 aliphatic heterocycles. The highest BCUT2D eigenvalue weighted by Gasteiger charge is 2.62. The van der Waals surface area contributed by atoms with Gasteiger partial charge in [0, 0.05) is 24.2 Å². The average Bonchev–Trinajstić information content (AvgIpc) is 3.20. The largest absolute Gasteiger partial charge is 0.469 e. The Morgan fingerprint density at radius 2 is 2.14 bits per heavy atom. The number of nitrogens with zero attached hydrogens (tertiary/aromatic N) is 1. The molecular weight excluding hydrogens is 360 g/mol. The predicted octanol–water partition coefficient (Wildman–Crippen LogP) is 1.11. The Bertz CT molecular complexity index is 829. The van der Waals surface area contributed by atoms with Gasteiger partial charge in [-0.05, 0) is 43.9 Å². The van der Waals surface area contributed by atoms with E-state index in [1.54, 1.807) is 0 Å². The lowest BCUT2D eigenvalue weighted by Crippen LogP contribution is -2.61. The lowest BCUT2D eigenvalue weighted by molar-refractivity contribution is -0.244. The second-order valence-electron chi connectivity index (χ2n) is 8.58. The molecule has 0 aromatic heterocycles. The zero-order chi connectivity index (χ0) is 19.6. The molecule has 7 heteroatoms. The van der Waals surface area contributed by atoms with E-state index >= 15 is 0 Å². The number of methoxy groups -OCH3 is 1. The Balaban J connectivity index is 1.54. The van der Waals surface area contributed by atoms with Crippen LogP contribution in [0, 0.1) is 17.8 Å². The number of carbonyl (C=O) groups excluding carboxylic acids is 2. The molecule has 150 valence electrons. The molecule has 0 unspecified atom stereocenters. The zero-order valence-electron chi connectivity index (χ0n) is 16.1. The smallest absolute Gasteiger partial charge is 0.314 e. The third-order valence-corrected chi connectivity index (χ3v) is 7.55. The van der Waals surface area contributed by atoms with Gasteiger partial charge in [-0.2, -0.15) is 0 Å². The number of hydrogen-bond acceptors (Lipinski definition) is 6. The molecular formula is C21H26N2O5. The molecule has 2 N–H and O–H groups in total. The van der Waals surface area contributed by atoms with E-state index in [2.05, 4.69) is 10.2 Å². The van der Waals surface area contributed by atoms with E-state index < -0.39 is 23.6 Å². The summed E-state index contributed by atoms with van der Waals surface area (Å²) in [5.74, 6) is -1.06. The Labute approximate surface area is 164 Å². The summed E-state index contributed by atoms with van der Waals surface area (Å²) in [5.41, 5.74) is 1.36. The summed E-state index contributed by atoms with van der Waals surface area (Å²) in [7, 11) is 1.34. The first-order valence-corrected chi connectivity index (χ1v) is 10.0. The second-order valence-corrected chi connectivity index (χ2v) is 8.58. The van der Waals surface area contributed by atoms with Crippen LogP contribution in [0.1, 0.15) is 25.3 Å². The number of anilines is 1. The van der Waals surface area contributed by atoms with E-state index in [4.69, 9.17) is 9.47 Å². The van der Waals surface area contributed by atoms with Crippen molar-refractivity contribution in [2.24, 2.45) is 17.8 Å². The van der Waals surface area contributed by atoms with Crippen molar-refractivity contribution in [1.82, 2.24) is 4.90 Å². The minimum atomic E-state index is -1.17. The summed E-state index contributed by atoms with van der Waals surface area (Å²) in [5, 5.41) is 13.5. The molecule has 1 spiro atoms. The number of hydrogen-bond donors (Lipinski definition) is 2. The van der Waals surface area contributed by atoms with Crippen molar-refractivity contribution in [2.45, 2.75) is 43.6 Å². The maximum atomic E-state index is 13.2. The van der Waals surface area contributed by atoms with E-state index in [1.165, 1.54) is 7.11 Å². The van der Waals surface area contributed by atoms with Gasteiger partial charge in [0.25, 0.3) is 0 Å². The zero-order valence-corrected chi connectivity index (χ0v) is 16.1. The van der Waals surface area contributed by atoms with Crippen LogP contribution in [0.5, 0.6) is 0 Å². The van der Waals surface area contributed by atoms with Crippen molar-refractivity contribution in [3.05, 3.63) is 29.8 Å². The average molecular weight is 386 g/mol. The van der Waals surface area contributed by atoms with Crippen molar-refractivity contribution < 1.29 is 24.2 Å². The highest BCUT2D eigenvalue weighted by atomic mass is 16.6. The van der Waals surface area contributed by atoms with Crippen LogP contribution in [-0.4, -0.2) is 60.5 Å². The Kier molecular flexibility index (Phi) is 4.05. The summed E-state index contributed by atoms with van der Waals surface area (Å²) in [6, 6.07) is 7.91. The first-order chi connectivity index (χ1) is 13.5. The van der Waals surface area contributed by atoms with Gasteiger partial charge in [0.15, 0.2) is 6.29 Å². The van der Waals surface area contributed by atoms with Crippen LogP contribution in [0.15, 0.2) is 24.3 Å². The maximum Gasteiger partial charge on any atom is 0.314 e. The standard InChI is InChI=1S/C21H26N2O5/c1-11-13-10-23-8-7-21(14-5-3-4-6-15(14)22-20(21)26)16(23)9-12(13)17(18(24)27-2)19(25)28-11/h3-6,11-13,16-17,19,25H,7-10H2,1-2H3,(H,22,26)/t11-,12-,13+,16-,17-,19+,21-/m0/s1. The van der Waals surface area contributed by atoms with Crippen molar-refractivity contribution >= 4 is 17.6 Å². The minimum absolute atomic E-state index is 0.00190. The van der Waals surface area contributed by atoms with Gasteiger partial charge >= 0.3 is 5.97 Å². The number of aliphatic hydroxyl groups excluding tert-OH is 1. The van der Waals surface area contributed by atoms with Gasteiger partial charge in [0.1, 0.15) is 5.92 Å². The summed E-state index contributed by atoms with van der Waals surface area (Å²) in [6.07, 6.45) is 0.109. The summed E-state index contributed by atoms with van der Waals surface area (Å²) in [6.45, 7) is 3.56. The Morgan fingerprint density at radius 1 is 1.36 bits per heavy atom. The minimum Gasteiger partial charge on any atom is -0.469 e. The molecule has 3 saturated heterocycles. The third-order valence-electron chi connectivity index (χ3n) is 7.55. The highest BCUT2D eigenvalue weighted by molar-refractivity contribution is 6.07. The number of rotatable bonds is 1. The molecule has 1 aromatic rings. The van der Waals surface area contributed by atoms with Crippen LogP contribution in [0.4, 0.5) is 5.69 Å². The molecule has 0 saturated carbocycles. The van der Waals surface area contributed by atoms with Crippen LogP contribution in [0.2, 0.25) is 0 Å². The van der Waals surface area contributed by atoms with E-state index in [0.29, 0.717) is 6.42 Å². The number of nitrogens with one attached hydrogen (secondary N) is 1. The number of carbonyl (C=O) groups is 2. The van der Waals surface area contributed by atoms with E-state index in [0.717, 1.165) is 30.8 Å². The van der Waals surface area contributed by atoms with Crippen molar-refractivity contribution in [3.8, 4) is 0 Å². The summed E-state index contributed by atoms with van der Waals surface area (Å²) < 4.78 is 10.7. The number of para-hydroxylation sites is 1. The van der Waals surface area contributed by atoms with Crippen LogP contribution < -0.4 is 5.32 Å². The molecule has 1 amide bonds. The number of benzene rings is 1. The molecule has 1 aromatic carbocycles. The fourth-order valence-corrected chi connectivity index (χ4v) is 6.23. The monoisotopic (exact) mass is 386 g/mol. The van der Waals surface area contributed by atoms with E-state index in [9.17, 15) is 14.7 Å². The molecule has 28 heavy (non-hydrogen) atoms. The fourth-order valence-electron chi connectivity index (χ4n) is 6.23. The van der Waals surface area contributed by atoms with Gasteiger partial charge in [0.05, 0.1) is 18.6 Å². The molecule has 3 fully saturated rings. The third kappa shape index (κ3) is 2.27. The second kappa shape index (κ2) is 6.27. The molecule has 7 atom stereocenters. The van der Waals surface area contributed by atoms with Crippen molar-refractivity contribution in [2.75, 3.05) is 25.5 Å². The number of fused-ring (bicyclic) bond motifs is 5. The predicted molar refractivity (Wildman–Crippen MR) is 100 cm³/mol. The molecule has 0 aliphatic carbocycles. The number of piperidine rings is 1. The number of ether oxygens (including phenoxy) is 2. The number of esters is 1. The first-order valence-electron chi connectivity index (χ1n) is 10.0. The van der Waals surface area contributed by atoms with Crippen LogP contribution in [0.25, 0.3) is 0 Å². The van der Waals surface area contributed by atoms with Gasteiger partial charge < -0.3 is 19.9 Å². The fraction of sp³-hybridized carbons (Fsp3) is 0.619. The van der Waals surface area contributed by atoms with E-state index in [-0.39, 0.29) is 29.9 Å². The summed E-state index contributed by atoms with van der Waals surface area (Å²) in [4.78, 5) is 28.0. The Morgan fingerprint density at radius 3 is 2.93 bits per heavy atom. The Hall–Kier alpha value is -1.96. The molecule has 0 radical (unpaired) electrons. The highest BCUT2D eigenvalue weighted by Crippen LogP contribution is 2.54. The molecule has 4 heterocycles. The molecule has 0 bridgehead atoms. The topological polar surface area (TPSA) is 88.1 Å². The maximum absolute atomic E-state index is 13.2. The van der Waals surface area contributed by atoms with E-state index in [1.807, 2.05) is 31.2 Å². The van der Waals surface area contributed by atoms with Crippen LogP contribution in [0.3, 0.4) is 0 Å². The molecule has 4 aliphatic rings. The van der Waals surface area contributed by atoms with Gasteiger partial charge in [-0.25, -0.2) is 0 Å². The summed E-state index contributed by atoms with van der Waals surface area (Å²) >= 11 is 0. The van der Waals surface area contributed by atoms with Gasteiger partial charge in [-0.3, -0.25) is 14.5 Å². The van der Waals surface area contributed by atoms with Crippen molar-refractivity contribution in [1.29, 1.82) is 0 Å². The lowest BCUT2D eigenvalue weighted by Gasteiger charge is -2.51. The quantitative estimate of drug-likeness (QED) is 0.703. The van der Waals surface area contributed by atoms with Gasteiger partial charge in [-0.15, -0.1) is 0 Å². The first kappa shape index (κ1) is 18.1. The van der Waals surface area contributed by atoms with Gasteiger partial charge in [0.2, 0.25) is 5.91 Å². The number of amides is 1. The number of aliphatic hydroxyl groups is 1. The lowest BCUT2D eigenvalue weighted by atomic mass is 9.64. The SMILES string of the molecule is COC(=O)[C@@H]1[C@H]2C[C@@H]3N(CC[C@@]34C(=O)Nc3ccccc34)C[C@@H]2[C@H](C)O[C@H]1O. The van der Waals surface area contributed by atoms with Crippen LogP contribution >= 0.6 is 0 Å². The molecule has 5 rings (SSSR count). The van der Waals surface area contributed by atoms with Crippen LogP contribution in [-0.2, 0) is 24.5 Å². The normalized spacial score (nSPS) is 41.9.